The van der Waals surface area contributed by atoms with Crippen LogP contribution in [-0.4, -0.2) is 62.3 Å². The lowest BCUT2D eigenvalue weighted by Crippen LogP contribution is -2.40. The number of hydrogen-bond acceptors (Lipinski definition) is 7. The Bertz CT molecular complexity index is 1310. The van der Waals surface area contributed by atoms with Crippen LogP contribution in [0, 0.1) is 11.7 Å². The molecular formula is C31H39F4N3O7. The minimum atomic E-state index is -5.08. The lowest BCUT2D eigenvalue weighted by Gasteiger charge is -2.24. The number of ketones is 1. The summed E-state index contributed by atoms with van der Waals surface area (Å²) in [5.41, 5.74) is 7.59. The van der Waals surface area contributed by atoms with E-state index in [1.54, 1.807) is 44.6 Å². The summed E-state index contributed by atoms with van der Waals surface area (Å²) < 4.78 is 61.1. The molecule has 3 rings (SSSR count). The van der Waals surface area contributed by atoms with Crippen LogP contribution in [0.25, 0.3) is 0 Å². The van der Waals surface area contributed by atoms with Crippen molar-refractivity contribution in [3.63, 3.8) is 0 Å². The first-order valence-corrected chi connectivity index (χ1v) is 14.3. The van der Waals surface area contributed by atoms with Crippen molar-refractivity contribution in [2.75, 3.05) is 21.3 Å². The molecule has 10 nitrogen and oxygen atoms in total. The second kappa shape index (κ2) is 17.8. The number of nitrogens with one attached hydrogen (secondary N) is 1. The number of rotatable bonds is 12. The molecule has 0 unspecified atom stereocenters. The second-order valence-corrected chi connectivity index (χ2v) is 10.5. The van der Waals surface area contributed by atoms with Gasteiger partial charge in [0.05, 0.1) is 27.8 Å². The average Bonchev–Trinajstić information content (AvgIpc) is 3.00. The highest BCUT2D eigenvalue weighted by atomic mass is 19.4. The maximum atomic E-state index is 13.7. The zero-order valence-electron chi connectivity index (χ0n) is 25.4. The minimum absolute atomic E-state index is 0.0391. The van der Waals surface area contributed by atoms with Gasteiger partial charge >= 0.3 is 12.1 Å². The number of methoxy groups -OCH3 is 3. The van der Waals surface area contributed by atoms with E-state index in [-0.39, 0.29) is 36.2 Å². The van der Waals surface area contributed by atoms with Crippen molar-refractivity contribution >= 4 is 23.6 Å². The number of carbonyl (C=O) groups excluding carboxylic acids is 2. The smallest absolute Gasteiger partial charge is 0.490 e. The third-order valence-electron chi connectivity index (χ3n) is 7.11. The number of halogens is 4. The van der Waals surface area contributed by atoms with E-state index in [1.807, 2.05) is 0 Å². The third kappa shape index (κ3) is 13.0. The molecule has 1 aliphatic rings. The molecule has 0 aliphatic heterocycles. The fourth-order valence-electron chi connectivity index (χ4n) is 4.83. The molecule has 2 aromatic rings. The lowest BCUT2D eigenvalue weighted by molar-refractivity contribution is -0.192. The van der Waals surface area contributed by atoms with Gasteiger partial charge in [0.15, 0.2) is 23.3 Å². The summed E-state index contributed by atoms with van der Waals surface area (Å²) in [7, 11) is 4.49. The summed E-state index contributed by atoms with van der Waals surface area (Å²) in [6.07, 6.45) is 1.79. The van der Waals surface area contributed by atoms with E-state index < -0.39 is 24.0 Å². The summed E-state index contributed by atoms with van der Waals surface area (Å²) in [5.74, 6) is -2.02. The van der Waals surface area contributed by atoms with Gasteiger partial charge in [-0.2, -0.15) is 13.2 Å². The Morgan fingerprint density at radius 3 is 2.11 bits per heavy atom. The van der Waals surface area contributed by atoms with Crippen LogP contribution in [-0.2, 0) is 27.2 Å². The number of guanidine groups is 1. The molecule has 0 aromatic heterocycles. The number of ether oxygens (including phenoxy) is 3. The highest BCUT2D eigenvalue weighted by molar-refractivity contribution is 5.98. The van der Waals surface area contributed by atoms with Crippen molar-refractivity contribution in [1.82, 2.24) is 5.32 Å². The topological polar surface area (TPSA) is 150 Å². The predicted octanol–water partition coefficient (Wildman–Crippen LogP) is 5.00. The van der Waals surface area contributed by atoms with Crippen LogP contribution >= 0.6 is 0 Å². The van der Waals surface area contributed by atoms with Crippen molar-refractivity contribution in [2.45, 2.75) is 70.0 Å². The van der Waals surface area contributed by atoms with Crippen LogP contribution < -0.4 is 25.3 Å². The van der Waals surface area contributed by atoms with Crippen LogP contribution in [0.3, 0.4) is 0 Å². The van der Waals surface area contributed by atoms with E-state index in [9.17, 15) is 27.2 Å². The molecule has 1 fully saturated rings. The molecule has 0 radical (unpaired) electrons. The molecule has 0 heterocycles. The number of carboxylic acids is 1. The quantitative estimate of drug-likeness (QED) is 0.167. The van der Waals surface area contributed by atoms with E-state index in [1.165, 1.54) is 19.6 Å². The van der Waals surface area contributed by atoms with Crippen molar-refractivity contribution in [3.8, 4) is 17.2 Å². The van der Waals surface area contributed by atoms with E-state index in [0.29, 0.717) is 35.8 Å². The molecule has 2 aromatic carbocycles. The van der Waals surface area contributed by atoms with E-state index in [0.717, 1.165) is 31.2 Å². The van der Waals surface area contributed by atoms with Crippen LogP contribution in [0.2, 0.25) is 0 Å². The fourth-order valence-corrected chi connectivity index (χ4v) is 4.83. The second-order valence-electron chi connectivity index (χ2n) is 10.5. The summed E-state index contributed by atoms with van der Waals surface area (Å²) in [6, 6.07) is 9.14. The molecule has 1 atom stereocenters. The van der Waals surface area contributed by atoms with Gasteiger partial charge in [-0.3, -0.25) is 14.9 Å². The maximum Gasteiger partial charge on any atom is 0.490 e. The highest BCUT2D eigenvalue weighted by Crippen LogP contribution is 2.29. The maximum absolute atomic E-state index is 13.7. The van der Waals surface area contributed by atoms with E-state index in [2.05, 4.69) is 10.3 Å². The third-order valence-corrected chi connectivity index (χ3v) is 7.11. The standard InChI is InChI=1S/C29H38FN3O5.C2HF3O2/c1-36-22-13-21(14-23(18-22)37-2)17-28(35)33-29(31)32-25(15-19-7-5-4-6-8-19)26(34)12-10-20-9-11-24(30)27(16-20)38-3;3-2(4,5)1(6)7/h9,11,13-14,16,18-19,25H,4-8,10,12,15,17H2,1-3H3,(H3,31,32,33,35);(H,6,7)/t25-;/m1./s1. The summed E-state index contributed by atoms with van der Waals surface area (Å²) in [4.78, 5) is 39.3. The molecular weight excluding hydrogens is 602 g/mol. The summed E-state index contributed by atoms with van der Waals surface area (Å²) in [5, 5.41) is 9.74. The molecule has 0 saturated heterocycles. The first kappa shape index (κ1) is 36.8. The number of carbonyl (C=O) groups is 3. The number of benzene rings is 2. The predicted molar refractivity (Wildman–Crippen MR) is 158 cm³/mol. The van der Waals surface area contributed by atoms with Gasteiger partial charge in [0, 0.05) is 12.5 Å². The Balaban J connectivity index is 0.000000900. The van der Waals surface area contributed by atoms with Crippen LogP contribution in [0.1, 0.15) is 56.1 Å². The SMILES string of the molecule is COc1cc(CC(=O)NC(N)=N[C@H](CC2CCCCC2)C(=O)CCc2ccc(F)c(OC)c2)cc(OC)c1.O=C(O)C(F)(F)F. The molecule has 1 amide bonds. The van der Waals surface area contributed by atoms with E-state index in [4.69, 9.17) is 29.8 Å². The van der Waals surface area contributed by atoms with Gasteiger partial charge < -0.3 is 25.1 Å². The number of nitrogens with two attached hydrogens (primary N) is 1. The van der Waals surface area contributed by atoms with Crippen molar-refractivity contribution < 1.29 is 51.3 Å². The van der Waals surface area contributed by atoms with Gasteiger partial charge in [0.2, 0.25) is 5.91 Å². The number of aliphatic carboxylic acids is 1. The highest BCUT2D eigenvalue weighted by Gasteiger charge is 2.38. The number of aliphatic imine (C=N–C) groups is 1. The zero-order valence-corrected chi connectivity index (χ0v) is 25.4. The Hall–Kier alpha value is -4.36. The summed E-state index contributed by atoms with van der Waals surface area (Å²) in [6.45, 7) is 0. The fraction of sp³-hybridized carbons (Fsp3) is 0.484. The monoisotopic (exact) mass is 641 g/mol. The first-order valence-electron chi connectivity index (χ1n) is 14.3. The molecule has 248 valence electrons. The van der Waals surface area contributed by atoms with Crippen molar-refractivity contribution in [1.29, 1.82) is 0 Å². The lowest BCUT2D eigenvalue weighted by atomic mass is 9.83. The van der Waals surface area contributed by atoms with Crippen molar-refractivity contribution in [2.24, 2.45) is 16.6 Å². The van der Waals surface area contributed by atoms with E-state index >= 15 is 0 Å². The summed E-state index contributed by atoms with van der Waals surface area (Å²) >= 11 is 0. The van der Waals surface area contributed by atoms with Gasteiger partial charge in [-0.1, -0.05) is 38.2 Å². The number of alkyl halides is 3. The average molecular weight is 642 g/mol. The normalized spacial score (nSPS) is 14.4. The molecule has 45 heavy (non-hydrogen) atoms. The van der Waals surface area contributed by atoms with Crippen LogP contribution in [0.15, 0.2) is 41.4 Å². The Kier molecular flexibility index (Phi) is 14.6. The Morgan fingerprint density at radius 1 is 0.978 bits per heavy atom. The largest absolute Gasteiger partial charge is 0.497 e. The molecule has 1 aliphatic carbocycles. The molecule has 4 N–H and O–H groups in total. The number of Topliss-reactive ketones (excluding diaryl/α,β-unsaturated/α-hetero) is 1. The van der Waals surface area contributed by atoms with Gasteiger partial charge in [0.25, 0.3) is 0 Å². The molecule has 14 heteroatoms. The number of carboxylic acid groups (broad SMARTS) is 1. The molecule has 0 spiro atoms. The molecule has 0 bridgehead atoms. The Morgan fingerprint density at radius 2 is 1.58 bits per heavy atom. The van der Waals surface area contributed by atoms with Gasteiger partial charge in [0.1, 0.15) is 17.5 Å². The number of amides is 1. The zero-order chi connectivity index (χ0) is 33.6. The van der Waals surface area contributed by atoms with Crippen LogP contribution in [0.5, 0.6) is 17.2 Å². The number of aryl methyl sites for hydroxylation is 1. The van der Waals surface area contributed by atoms with Gasteiger partial charge in [-0.15, -0.1) is 0 Å². The molecule has 1 saturated carbocycles. The van der Waals surface area contributed by atoms with Gasteiger partial charge in [-0.25, -0.2) is 14.2 Å². The first-order chi connectivity index (χ1) is 21.2. The van der Waals surface area contributed by atoms with Gasteiger partial charge in [-0.05, 0) is 54.2 Å². The number of nitrogens with zero attached hydrogens (tertiary/aromatic N) is 1. The Labute approximate surface area is 258 Å². The van der Waals surface area contributed by atoms with Crippen molar-refractivity contribution in [3.05, 3.63) is 53.3 Å². The minimum Gasteiger partial charge on any atom is -0.497 e. The number of hydrogen-bond donors (Lipinski definition) is 3. The van der Waals surface area contributed by atoms with Crippen LogP contribution in [0.4, 0.5) is 17.6 Å².